The van der Waals surface area contributed by atoms with Gasteiger partial charge in [0.25, 0.3) is 0 Å². The summed E-state index contributed by atoms with van der Waals surface area (Å²) >= 11 is 0. The number of rotatable bonds is 2. The Bertz CT molecular complexity index is 625. The molecule has 100 valence electrons. The molecule has 2 aromatic carbocycles. The number of halogens is 4. The molecule has 0 aromatic heterocycles. The molecule has 0 heterocycles. The summed E-state index contributed by atoms with van der Waals surface area (Å²) in [4.78, 5) is 0. The van der Waals surface area contributed by atoms with Crippen LogP contribution in [0.3, 0.4) is 0 Å². The topological polar surface area (TPSA) is 26.0 Å². The van der Waals surface area contributed by atoms with Crippen molar-refractivity contribution in [3.8, 4) is 0 Å². The van der Waals surface area contributed by atoms with E-state index in [-0.39, 0.29) is 16.7 Å². The van der Waals surface area contributed by atoms with Crippen LogP contribution in [0.4, 0.5) is 17.6 Å². The number of aryl methyl sites for hydroxylation is 1. The number of benzene rings is 2. The SMILES string of the molecule is Cc1ccc(C(N)c2ccc(F)c(F)c2)c(F)c1F. The smallest absolute Gasteiger partial charge is 0.164 e. The van der Waals surface area contributed by atoms with E-state index < -0.39 is 29.3 Å². The number of nitrogens with two attached hydrogens (primary N) is 1. The van der Waals surface area contributed by atoms with Crippen molar-refractivity contribution in [2.45, 2.75) is 13.0 Å². The highest BCUT2D eigenvalue weighted by atomic mass is 19.2. The number of hydrogen-bond donors (Lipinski definition) is 1. The van der Waals surface area contributed by atoms with E-state index in [9.17, 15) is 17.6 Å². The second-order valence-corrected chi connectivity index (χ2v) is 4.25. The maximum atomic E-state index is 13.8. The summed E-state index contributed by atoms with van der Waals surface area (Å²) in [6, 6.07) is 4.66. The molecule has 1 unspecified atom stereocenters. The summed E-state index contributed by atoms with van der Waals surface area (Å²) in [6.45, 7) is 1.42. The van der Waals surface area contributed by atoms with E-state index in [4.69, 9.17) is 5.73 Å². The molecule has 19 heavy (non-hydrogen) atoms. The summed E-state index contributed by atoms with van der Waals surface area (Å²) in [5.74, 6) is -4.17. The largest absolute Gasteiger partial charge is 0.320 e. The predicted molar refractivity (Wildman–Crippen MR) is 63.5 cm³/mol. The standard InChI is InChI=1S/C14H11F4N/c1-7-2-4-9(13(18)12(7)17)14(19)8-3-5-10(15)11(16)6-8/h2-6,14H,19H2,1H3. The van der Waals surface area contributed by atoms with E-state index in [1.807, 2.05) is 0 Å². The van der Waals surface area contributed by atoms with Crippen molar-refractivity contribution < 1.29 is 17.6 Å². The molecule has 0 saturated carbocycles. The number of hydrogen-bond acceptors (Lipinski definition) is 1. The monoisotopic (exact) mass is 269 g/mol. The molecule has 5 heteroatoms. The Labute approximate surface area is 107 Å². The predicted octanol–water partition coefficient (Wildman–Crippen LogP) is 3.60. The minimum absolute atomic E-state index is 0.103. The molecule has 1 atom stereocenters. The molecular formula is C14H11F4N. The zero-order valence-corrected chi connectivity index (χ0v) is 10.1. The quantitative estimate of drug-likeness (QED) is 0.828. The van der Waals surface area contributed by atoms with E-state index in [1.165, 1.54) is 25.1 Å². The van der Waals surface area contributed by atoms with Gasteiger partial charge >= 0.3 is 0 Å². The van der Waals surface area contributed by atoms with Crippen molar-refractivity contribution in [3.63, 3.8) is 0 Å². The lowest BCUT2D eigenvalue weighted by Gasteiger charge is -2.14. The van der Waals surface area contributed by atoms with Gasteiger partial charge in [0.1, 0.15) is 0 Å². The van der Waals surface area contributed by atoms with Crippen molar-refractivity contribution in [3.05, 3.63) is 70.3 Å². The second kappa shape index (κ2) is 5.01. The first kappa shape index (κ1) is 13.5. The fraction of sp³-hybridized carbons (Fsp3) is 0.143. The maximum Gasteiger partial charge on any atom is 0.164 e. The van der Waals surface area contributed by atoms with Crippen LogP contribution in [0.25, 0.3) is 0 Å². The van der Waals surface area contributed by atoms with Crippen molar-refractivity contribution in [1.29, 1.82) is 0 Å². The molecule has 0 bridgehead atoms. The summed E-state index contributed by atoms with van der Waals surface area (Å²) in [5.41, 5.74) is 5.98. The third kappa shape index (κ3) is 2.46. The Morgan fingerprint density at radius 1 is 0.895 bits per heavy atom. The minimum atomic E-state index is -1.08. The fourth-order valence-corrected chi connectivity index (χ4v) is 1.79. The highest BCUT2D eigenvalue weighted by Gasteiger charge is 2.19. The Hall–Kier alpha value is -1.88. The Morgan fingerprint density at radius 2 is 1.58 bits per heavy atom. The Morgan fingerprint density at radius 3 is 2.21 bits per heavy atom. The van der Waals surface area contributed by atoms with Crippen LogP contribution in [0.15, 0.2) is 30.3 Å². The first-order valence-electron chi connectivity index (χ1n) is 5.57. The first-order chi connectivity index (χ1) is 8.91. The molecule has 2 N–H and O–H groups in total. The van der Waals surface area contributed by atoms with Gasteiger partial charge in [-0.2, -0.15) is 0 Å². The molecule has 0 radical (unpaired) electrons. The van der Waals surface area contributed by atoms with Gasteiger partial charge in [-0.05, 0) is 30.2 Å². The van der Waals surface area contributed by atoms with Crippen LogP contribution in [0.5, 0.6) is 0 Å². The van der Waals surface area contributed by atoms with Crippen LogP contribution in [-0.2, 0) is 0 Å². The van der Waals surface area contributed by atoms with E-state index in [2.05, 4.69) is 0 Å². The second-order valence-electron chi connectivity index (χ2n) is 4.25. The molecule has 0 fully saturated rings. The van der Waals surface area contributed by atoms with Gasteiger partial charge in [-0.3, -0.25) is 0 Å². The van der Waals surface area contributed by atoms with Crippen molar-refractivity contribution in [1.82, 2.24) is 0 Å². The first-order valence-corrected chi connectivity index (χ1v) is 5.57. The van der Waals surface area contributed by atoms with E-state index >= 15 is 0 Å². The summed E-state index contributed by atoms with van der Waals surface area (Å²) < 4.78 is 53.1. The molecule has 0 aliphatic carbocycles. The average molecular weight is 269 g/mol. The third-order valence-corrected chi connectivity index (χ3v) is 2.94. The molecule has 0 spiro atoms. The lowest BCUT2D eigenvalue weighted by atomic mass is 9.97. The Balaban J connectivity index is 2.47. The molecule has 1 nitrogen and oxygen atoms in total. The lowest BCUT2D eigenvalue weighted by molar-refractivity contribution is 0.487. The highest BCUT2D eigenvalue weighted by Crippen LogP contribution is 2.26. The molecule has 0 aliphatic rings. The normalized spacial score (nSPS) is 12.5. The van der Waals surface area contributed by atoms with Gasteiger partial charge in [-0.1, -0.05) is 18.2 Å². The van der Waals surface area contributed by atoms with Crippen LogP contribution in [0.1, 0.15) is 22.7 Å². The van der Waals surface area contributed by atoms with Crippen LogP contribution in [0, 0.1) is 30.2 Å². The molecule has 2 aromatic rings. The average Bonchev–Trinajstić information content (AvgIpc) is 2.39. The molecule has 0 amide bonds. The third-order valence-electron chi connectivity index (χ3n) is 2.94. The van der Waals surface area contributed by atoms with Crippen LogP contribution in [-0.4, -0.2) is 0 Å². The molecular weight excluding hydrogens is 258 g/mol. The Kier molecular flexibility index (Phi) is 3.57. The van der Waals surface area contributed by atoms with Gasteiger partial charge in [0.15, 0.2) is 23.3 Å². The van der Waals surface area contributed by atoms with E-state index in [1.54, 1.807) is 0 Å². The maximum absolute atomic E-state index is 13.8. The van der Waals surface area contributed by atoms with Gasteiger partial charge in [0.2, 0.25) is 0 Å². The van der Waals surface area contributed by atoms with Gasteiger partial charge in [-0.25, -0.2) is 17.6 Å². The molecule has 0 aliphatic heterocycles. The molecule has 2 rings (SSSR count). The fourth-order valence-electron chi connectivity index (χ4n) is 1.79. The van der Waals surface area contributed by atoms with Gasteiger partial charge in [-0.15, -0.1) is 0 Å². The minimum Gasteiger partial charge on any atom is -0.320 e. The van der Waals surface area contributed by atoms with Gasteiger partial charge in [0, 0.05) is 5.56 Å². The summed E-state index contributed by atoms with van der Waals surface area (Å²) in [6.07, 6.45) is 0. The summed E-state index contributed by atoms with van der Waals surface area (Å²) in [7, 11) is 0. The van der Waals surface area contributed by atoms with Crippen molar-refractivity contribution in [2.24, 2.45) is 5.73 Å². The van der Waals surface area contributed by atoms with Crippen molar-refractivity contribution in [2.75, 3.05) is 0 Å². The zero-order chi connectivity index (χ0) is 14.2. The van der Waals surface area contributed by atoms with Crippen LogP contribution in [0.2, 0.25) is 0 Å². The summed E-state index contributed by atoms with van der Waals surface area (Å²) in [5, 5.41) is 0. The van der Waals surface area contributed by atoms with E-state index in [0.717, 1.165) is 12.1 Å². The van der Waals surface area contributed by atoms with E-state index in [0.29, 0.717) is 0 Å². The van der Waals surface area contributed by atoms with Gasteiger partial charge in [0.05, 0.1) is 6.04 Å². The zero-order valence-electron chi connectivity index (χ0n) is 10.1. The lowest BCUT2D eigenvalue weighted by Crippen LogP contribution is -2.15. The van der Waals surface area contributed by atoms with Crippen LogP contribution < -0.4 is 5.73 Å². The van der Waals surface area contributed by atoms with Crippen LogP contribution >= 0.6 is 0 Å². The molecule has 0 saturated heterocycles. The van der Waals surface area contributed by atoms with Gasteiger partial charge < -0.3 is 5.73 Å². The van der Waals surface area contributed by atoms with Crippen molar-refractivity contribution >= 4 is 0 Å². The highest BCUT2D eigenvalue weighted by molar-refractivity contribution is 5.35.